The van der Waals surface area contributed by atoms with Crippen LogP contribution in [0.2, 0.25) is 0 Å². The van der Waals surface area contributed by atoms with Crippen LogP contribution in [0.4, 0.5) is 0 Å². The summed E-state index contributed by atoms with van der Waals surface area (Å²) >= 11 is 0. The summed E-state index contributed by atoms with van der Waals surface area (Å²) in [6.07, 6.45) is -0.508. The molecule has 1 atom stereocenters. The predicted molar refractivity (Wildman–Crippen MR) is 33.8 cm³/mol. The number of hydrogen-bond acceptors (Lipinski definition) is 4. The van der Waals surface area contributed by atoms with Crippen molar-refractivity contribution in [1.29, 1.82) is 0 Å². The lowest BCUT2D eigenvalue weighted by Crippen LogP contribution is -2.36. The molecule has 0 bridgehead atoms. The number of rotatable bonds is 1. The van der Waals surface area contributed by atoms with Gasteiger partial charge in [-0.05, 0) is 0 Å². The molecule has 10 heavy (non-hydrogen) atoms. The first-order valence-electron chi connectivity index (χ1n) is 3.14. The highest BCUT2D eigenvalue weighted by Crippen LogP contribution is 2.01. The monoisotopic (exact) mass is 144 g/mol. The molecular formula is C6H10NO3. The molecule has 1 rings (SSSR count). The van der Waals surface area contributed by atoms with E-state index in [2.05, 4.69) is 5.32 Å². The van der Waals surface area contributed by atoms with Crippen LogP contribution in [-0.2, 0) is 14.3 Å². The summed E-state index contributed by atoms with van der Waals surface area (Å²) in [6.45, 7) is 4.32. The normalized spacial score (nSPS) is 25.9. The van der Waals surface area contributed by atoms with Gasteiger partial charge in [0, 0.05) is 13.5 Å². The fourth-order valence-corrected chi connectivity index (χ4v) is 0.693. The van der Waals surface area contributed by atoms with Crippen LogP contribution in [0, 0.1) is 6.54 Å². The van der Waals surface area contributed by atoms with Crippen LogP contribution in [0.15, 0.2) is 0 Å². The van der Waals surface area contributed by atoms with Crippen LogP contribution < -0.4 is 5.32 Å². The number of esters is 1. The maximum atomic E-state index is 10.4. The summed E-state index contributed by atoms with van der Waals surface area (Å²) in [5, 5.41) is 2.91. The van der Waals surface area contributed by atoms with E-state index in [1.165, 1.54) is 6.92 Å². The number of hydrogen-bond donors (Lipinski definition) is 1. The Bertz CT molecular complexity index is 120. The van der Waals surface area contributed by atoms with Gasteiger partial charge in [-0.3, -0.25) is 4.79 Å². The first kappa shape index (κ1) is 7.50. The van der Waals surface area contributed by atoms with Crippen LogP contribution in [-0.4, -0.2) is 25.4 Å². The maximum Gasteiger partial charge on any atom is 0.304 e. The van der Waals surface area contributed by atoms with Crippen molar-refractivity contribution < 1.29 is 14.3 Å². The SMILES string of the molecule is CC(=O)OC1[CH]NCCO1. The van der Waals surface area contributed by atoms with Gasteiger partial charge in [-0.2, -0.15) is 0 Å². The molecule has 0 amide bonds. The quantitative estimate of drug-likeness (QED) is 0.511. The zero-order valence-electron chi connectivity index (χ0n) is 5.79. The van der Waals surface area contributed by atoms with Gasteiger partial charge in [-0.1, -0.05) is 0 Å². The van der Waals surface area contributed by atoms with Gasteiger partial charge in [-0.15, -0.1) is 0 Å². The molecule has 1 saturated heterocycles. The second kappa shape index (κ2) is 3.53. The van der Waals surface area contributed by atoms with Crippen molar-refractivity contribution in [1.82, 2.24) is 5.32 Å². The van der Waals surface area contributed by atoms with Gasteiger partial charge in [0.15, 0.2) is 0 Å². The second-order valence-electron chi connectivity index (χ2n) is 1.97. The third kappa shape index (κ3) is 2.33. The highest BCUT2D eigenvalue weighted by atomic mass is 16.7. The van der Waals surface area contributed by atoms with Crippen LogP contribution in [0.1, 0.15) is 6.92 Å². The fourth-order valence-electron chi connectivity index (χ4n) is 0.693. The lowest BCUT2D eigenvalue weighted by atomic mass is 10.5. The van der Waals surface area contributed by atoms with E-state index in [9.17, 15) is 4.79 Å². The molecule has 4 nitrogen and oxygen atoms in total. The van der Waals surface area contributed by atoms with Crippen LogP contribution in [0.5, 0.6) is 0 Å². The topological polar surface area (TPSA) is 47.6 Å². The van der Waals surface area contributed by atoms with E-state index in [-0.39, 0.29) is 5.97 Å². The summed E-state index contributed by atoms with van der Waals surface area (Å²) in [5.74, 6) is -0.329. The first-order chi connectivity index (χ1) is 4.79. The van der Waals surface area contributed by atoms with Crippen LogP contribution in [0.25, 0.3) is 0 Å². The molecule has 0 aliphatic carbocycles. The summed E-state index contributed by atoms with van der Waals surface area (Å²) in [7, 11) is 0. The molecule has 1 aliphatic rings. The number of nitrogens with one attached hydrogen (secondary N) is 1. The molecule has 1 fully saturated rings. The number of ether oxygens (including phenoxy) is 2. The standard InChI is InChI=1S/C6H10NO3/c1-5(8)10-6-4-7-2-3-9-6/h4,6-7H,2-3H2,1H3. The Kier molecular flexibility index (Phi) is 2.65. The molecule has 1 aliphatic heterocycles. The average Bonchev–Trinajstić information content (AvgIpc) is 1.88. The van der Waals surface area contributed by atoms with Crippen molar-refractivity contribution in [3.8, 4) is 0 Å². The Hall–Kier alpha value is -0.610. The van der Waals surface area contributed by atoms with Gasteiger partial charge in [0.25, 0.3) is 0 Å². The third-order valence-electron chi connectivity index (χ3n) is 1.06. The van der Waals surface area contributed by atoms with Crippen molar-refractivity contribution in [3.63, 3.8) is 0 Å². The Morgan fingerprint density at radius 1 is 1.90 bits per heavy atom. The summed E-state index contributed by atoms with van der Waals surface area (Å²) in [6, 6.07) is 0. The van der Waals surface area contributed by atoms with Gasteiger partial charge in [0.1, 0.15) is 0 Å². The van der Waals surface area contributed by atoms with E-state index in [0.29, 0.717) is 6.61 Å². The number of carbonyl (C=O) groups is 1. The van der Waals surface area contributed by atoms with Crippen molar-refractivity contribution in [2.24, 2.45) is 0 Å². The summed E-state index contributed by atoms with van der Waals surface area (Å²) in [5.41, 5.74) is 0. The van der Waals surface area contributed by atoms with Gasteiger partial charge in [0.05, 0.1) is 13.2 Å². The van der Waals surface area contributed by atoms with E-state index in [1.807, 2.05) is 0 Å². The smallest absolute Gasteiger partial charge is 0.304 e. The fraction of sp³-hybridized carbons (Fsp3) is 0.667. The van der Waals surface area contributed by atoms with E-state index in [4.69, 9.17) is 9.47 Å². The number of morpholine rings is 1. The Balaban J connectivity index is 2.19. The average molecular weight is 144 g/mol. The van der Waals surface area contributed by atoms with E-state index >= 15 is 0 Å². The molecule has 0 aromatic carbocycles. The third-order valence-corrected chi connectivity index (χ3v) is 1.06. The second-order valence-corrected chi connectivity index (χ2v) is 1.97. The van der Waals surface area contributed by atoms with E-state index in [1.54, 1.807) is 6.54 Å². The number of carbonyl (C=O) groups excluding carboxylic acids is 1. The van der Waals surface area contributed by atoms with Crippen LogP contribution >= 0.6 is 0 Å². The molecule has 1 radical (unpaired) electrons. The van der Waals surface area contributed by atoms with Gasteiger partial charge < -0.3 is 14.8 Å². The largest absolute Gasteiger partial charge is 0.434 e. The predicted octanol–water partition coefficient (Wildman–Crippen LogP) is -0.343. The highest BCUT2D eigenvalue weighted by molar-refractivity contribution is 5.66. The molecule has 1 heterocycles. The summed E-state index contributed by atoms with van der Waals surface area (Å²) < 4.78 is 9.74. The zero-order valence-corrected chi connectivity index (χ0v) is 5.79. The lowest BCUT2D eigenvalue weighted by molar-refractivity contribution is -0.173. The minimum absolute atomic E-state index is 0.329. The Morgan fingerprint density at radius 3 is 3.20 bits per heavy atom. The minimum atomic E-state index is -0.508. The van der Waals surface area contributed by atoms with Gasteiger partial charge in [-0.25, -0.2) is 0 Å². The molecular weight excluding hydrogens is 134 g/mol. The zero-order chi connectivity index (χ0) is 7.40. The first-order valence-corrected chi connectivity index (χ1v) is 3.14. The van der Waals surface area contributed by atoms with Gasteiger partial charge >= 0.3 is 5.97 Å². The van der Waals surface area contributed by atoms with Crippen LogP contribution in [0.3, 0.4) is 0 Å². The highest BCUT2D eigenvalue weighted by Gasteiger charge is 2.15. The van der Waals surface area contributed by atoms with E-state index in [0.717, 1.165) is 6.54 Å². The van der Waals surface area contributed by atoms with Crippen molar-refractivity contribution in [2.75, 3.05) is 13.2 Å². The molecule has 0 aromatic rings. The molecule has 57 valence electrons. The molecule has 0 aromatic heterocycles. The molecule has 4 heteroatoms. The molecule has 0 saturated carbocycles. The Labute approximate surface area is 59.5 Å². The van der Waals surface area contributed by atoms with Crippen molar-refractivity contribution in [2.45, 2.75) is 13.2 Å². The maximum absolute atomic E-state index is 10.4. The molecule has 1 unspecified atom stereocenters. The Morgan fingerprint density at radius 2 is 2.70 bits per heavy atom. The van der Waals surface area contributed by atoms with Crippen molar-refractivity contribution in [3.05, 3.63) is 6.54 Å². The van der Waals surface area contributed by atoms with Crippen molar-refractivity contribution >= 4 is 5.97 Å². The molecule has 0 spiro atoms. The van der Waals surface area contributed by atoms with E-state index < -0.39 is 6.29 Å². The molecule has 1 N–H and O–H groups in total. The minimum Gasteiger partial charge on any atom is -0.434 e. The lowest BCUT2D eigenvalue weighted by Gasteiger charge is -2.21. The summed E-state index contributed by atoms with van der Waals surface area (Å²) in [4.78, 5) is 10.4. The van der Waals surface area contributed by atoms with Gasteiger partial charge in [0.2, 0.25) is 6.29 Å².